The molecule has 0 radical (unpaired) electrons. The number of halogens is 2. The van der Waals surface area contributed by atoms with Crippen molar-refractivity contribution >= 4 is 17.1 Å². The summed E-state index contributed by atoms with van der Waals surface area (Å²) in [7, 11) is 0. The Morgan fingerprint density at radius 1 is 1.15 bits per heavy atom. The second-order valence-electron chi connectivity index (χ2n) is 4.10. The number of carboxylic acid groups (broad SMARTS) is 1. The van der Waals surface area contributed by atoms with Gasteiger partial charge in [-0.3, -0.25) is 0 Å². The molecule has 2 aromatic carbocycles. The lowest BCUT2D eigenvalue weighted by Gasteiger charge is -1.98. The largest absolute Gasteiger partial charge is 0.478 e. The molecule has 20 heavy (non-hydrogen) atoms. The van der Waals surface area contributed by atoms with Crippen LogP contribution in [0.25, 0.3) is 22.6 Å². The fourth-order valence-electron chi connectivity index (χ4n) is 1.87. The zero-order valence-corrected chi connectivity index (χ0v) is 9.93. The molecule has 0 saturated heterocycles. The van der Waals surface area contributed by atoms with E-state index in [1.807, 2.05) is 0 Å². The van der Waals surface area contributed by atoms with Gasteiger partial charge in [-0.05, 0) is 30.3 Å². The SMILES string of the molecule is O=C(O)c1ccc2oc(-c3c(F)cccc3F)nc2c1. The minimum Gasteiger partial charge on any atom is -0.478 e. The highest BCUT2D eigenvalue weighted by Crippen LogP contribution is 2.28. The van der Waals surface area contributed by atoms with Crippen molar-refractivity contribution in [3.05, 3.63) is 53.6 Å². The molecule has 1 aromatic heterocycles. The van der Waals surface area contributed by atoms with Crippen LogP contribution in [0.15, 0.2) is 40.8 Å². The Bertz CT molecular complexity index is 806. The quantitative estimate of drug-likeness (QED) is 0.777. The molecular formula is C14H7F2NO3. The van der Waals surface area contributed by atoms with Crippen molar-refractivity contribution in [3.63, 3.8) is 0 Å². The van der Waals surface area contributed by atoms with E-state index in [2.05, 4.69) is 4.98 Å². The molecule has 0 atom stereocenters. The molecule has 0 aliphatic heterocycles. The van der Waals surface area contributed by atoms with E-state index < -0.39 is 17.6 Å². The molecule has 0 saturated carbocycles. The monoisotopic (exact) mass is 275 g/mol. The van der Waals surface area contributed by atoms with Gasteiger partial charge in [-0.1, -0.05) is 6.07 Å². The van der Waals surface area contributed by atoms with E-state index in [1.54, 1.807) is 0 Å². The summed E-state index contributed by atoms with van der Waals surface area (Å²) < 4.78 is 32.5. The maximum atomic E-state index is 13.6. The average molecular weight is 275 g/mol. The lowest BCUT2D eigenvalue weighted by molar-refractivity contribution is 0.0697. The number of benzene rings is 2. The van der Waals surface area contributed by atoms with Crippen molar-refractivity contribution in [1.29, 1.82) is 0 Å². The van der Waals surface area contributed by atoms with Crippen LogP contribution in [0.3, 0.4) is 0 Å². The van der Waals surface area contributed by atoms with Crippen LogP contribution < -0.4 is 0 Å². The molecular weight excluding hydrogens is 268 g/mol. The second-order valence-corrected chi connectivity index (χ2v) is 4.10. The standard InChI is InChI=1S/C14H7F2NO3/c15-8-2-1-3-9(16)12(8)13-17-10-6-7(14(18)19)4-5-11(10)20-13/h1-6H,(H,18,19). The number of rotatable bonds is 2. The number of fused-ring (bicyclic) bond motifs is 1. The van der Waals surface area contributed by atoms with E-state index >= 15 is 0 Å². The minimum atomic E-state index is -1.12. The topological polar surface area (TPSA) is 63.3 Å². The van der Waals surface area contributed by atoms with Crippen molar-refractivity contribution in [1.82, 2.24) is 4.98 Å². The molecule has 0 amide bonds. The zero-order chi connectivity index (χ0) is 14.3. The predicted molar refractivity (Wildman–Crippen MR) is 66.3 cm³/mol. The van der Waals surface area contributed by atoms with Crippen LogP contribution >= 0.6 is 0 Å². The predicted octanol–water partition coefficient (Wildman–Crippen LogP) is 3.47. The summed E-state index contributed by atoms with van der Waals surface area (Å²) in [5, 5.41) is 8.88. The number of carboxylic acids is 1. The Morgan fingerprint density at radius 2 is 1.85 bits per heavy atom. The van der Waals surface area contributed by atoms with Gasteiger partial charge < -0.3 is 9.52 Å². The molecule has 1 N–H and O–H groups in total. The van der Waals surface area contributed by atoms with E-state index in [9.17, 15) is 13.6 Å². The number of nitrogens with zero attached hydrogens (tertiary/aromatic N) is 1. The molecule has 1 heterocycles. The van der Waals surface area contributed by atoms with Crippen LogP contribution in [0.5, 0.6) is 0 Å². The van der Waals surface area contributed by atoms with Gasteiger partial charge in [0.05, 0.1) is 5.56 Å². The molecule has 0 unspecified atom stereocenters. The van der Waals surface area contributed by atoms with Gasteiger partial charge in [-0.2, -0.15) is 0 Å². The number of hydrogen-bond donors (Lipinski definition) is 1. The first-order valence-corrected chi connectivity index (χ1v) is 5.64. The summed E-state index contributed by atoms with van der Waals surface area (Å²) in [6.45, 7) is 0. The van der Waals surface area contributed by atoms with E-state index in [4.69, 9.17) is 9.52 Å². The van der Waals surface area contributed by atoms with Gasteiger partial charge in [0.2, 0.25) is 5.89 Å². The van der Waals surface area contributed by atoms with Crippen LogP contribution in [-0.4, -0.2) is 16.1 Å². The summed E-state index contributed by atoms with van der Waals surface area (Å²) in [4.78, 5) is 14.8. The Hall–Kier alpha value is -2.76. The molecule has 3 aromatic rings. The van der Waals surface area contributed by atoms with Gasteiger partial charge >= 0.3 is 5.97 Å². The van der Waals surface area contributed by atoms with Gasteiger partial charge in [-0.15, -0.1) is 0 Å². The Morgan fingerprint density at radius 3 is 2.50 bits per heavy atom. The zero-order valence-electron chi connectivity index (χ0n) is 9.93. The first-order valence-electron chi connectivity index (χ1n) is 5.64. The molecule has 6 heteroatoms. The molecule has 0 aliphatic rings. The average Bonchev–Trinajstić information content (AvgIpc) is 2.80. The van der Waals surface area contributed by atoms with E-state index in [-0.39, 0.29) is 28.1 Å². The van der Waals surface area contributed by atoms with Gasteiger partial charge in [0.15, 0.2) is 5.58 Å². The number of oxazole rings is 1. The number of aromatic nitrogens is 1. The van der Waals surface area contributed by atoms with E-state index in [0.717, 1.165) is 12.1 Å². The molecule has 100 valence electrons. The van der Waals surface area contributed by atoms with Crippen LogP contribution in [0.4, 0.5) is 8.78 Å². The molecule has 0 spiro atoms. The summed E-state index contributed by atoms with van der Waals surface area (Å²) in [5.41, 5.74) is 0.127. The van der Waals surface area contributed by atoms with Crippen LogP contribution in [0.1, 0.15) is 10.4 Å². The smallest absolute Gasteiger partial charge is 0.335 e. The summed E-state index contributed by atoms with van der Waals surface area (Å²) in [5.74, 6) is -2.93. The highest BCUT2D eigenvalue weighted by Gasteiger charge is 2.17. The van der Waals surface area contributed by atoms with Gasteiger partial charge in [0.1, 0.15) is 22.7 Å². The highest BCUT2D eigenvalue weighted by atomic mass is 19.1. The normalized spacial score (nSPS) is 10.9. The maximum Gasteiger partial charge on any atom is 0.335 e. The van der Waals surface area contributed by atoms with Crippen LogP contribution in [0, 0.1) is 11.6 Å². The van der Waals surface area contributed by atoms with Crippen LogP contribution in [0.2, 0.25) is 0 Å². The minimum absolute atomic E-state index is 0.0198. The number of carbonyl (C=O) groups is 1. The van der Waals surface area contributed by atoms with Crippen molar-refractivity contribution < 1.29 is 23.1 Å². The number of aromatic carboxylic acids is 1. The van der Waals surface area contributed by atoms with Crippen molar-refractivity contribution in [2.45, 2.75) is 0 Å². The first kappa shape index (κ1) is 12.3. The summed E-state index contributed by atoms with van der Waals surface area (Å²) >= 11 is 0. The third-order valence-electron chi connectivity index (χ3n) is 2.81. The maximum absolute atomic E-state index is 13.6. The number of hydrogen-bond acceptors (Lipinski definition) is 3. The summed E-state index contributed by atoms with van der Waals surface area (Å²) in [6.07, 6.45) is 0. The molecule has 3 rings (SSSR count). The van der Waals surface area contributed by atoms with Gasteiger partial charge in [-0.25, -0.2) is 18.6 Å². The molecule has 0 aliphatic carbocycles. The fraction of sp³-hybridized carbons (Fsp3) is 0. The van der Waals surface area contributed by atoms with Gasteiger partial charge in [0, 0.05) is 0 Å². The van der Waals surface area contributed by atoms with Crippen LogP contribution in [-0.2, 0) is 0 Å². The second kappa shape index (κ2) is 4.41. The van der Waals surface area contributed by atoms with Crippen molar-refractivity contribution in [3.8, 4) is 11.5 Å². The third-order valence-corrected chi connectivity index (χ3v) is 2.81. The third kappa shape index (κ3) is 1.91. The fourth-order valence-corrected chi connectivity index (χ4v) is 1.87. The molecule has 0 bridgehead atoms. The Kier molecular flexibility index (Phi) is 2.71. The lowest BCUT2D eigenvalue weighted by atomic mass is 10.2. The Labute approximate surface area is 111 Å². The Balaban J connectivity index is 2.21. The van der Waals surface area contributed by atoms with Crippen molar-refractivity contribution in [2.24, 2.45) is 0 Å². The highest BCUT2D eigenvalue weighted by molar-refractivity contribution is 5.92. The van der Waals surface area contributed by atoms with Crippen molar-refractivity contribution in [2.75, 3.05) is 0 Å². The lowest BCUT2D eigenvalue weighted by Crippen LogP contribution is -1.94. The molecule has 0 fully saturated rings. The van der Waals surface area contributed by atoms with E-state index in [0.29, 0.717) is 0 Å². The first-order chi connectivity index (χ1) is 9.56. The van der Waals surface area contributed by atoms with E-state index in [1.165, 1.54) is 24.3 Å². The van der Waals surface area contributed by atoms with Gasteiger partial charge in [0.25, 0.3) is 0 Å². The summed E-state index contributed by atoms with van der Waals surface area (Å²) in [6, 6.07) is 7.43. The molecule has 4 nitrogen and oxygen atoms in total.